The maximum absolute atomic E-state index is 13.5. The minimum absolute atomic E-state index is 0.00738. The smallest absolute Gasteiger partial charge is 0.308 e. The highest BCUT2D eigenvalue weighted by atomic mass is 35.5. The molecule has 1 aromatic heterocycles. The molecule has 1 heterocycles. The van der Waals surface area contributed by atoms with Crippen LogP contribution in [0.4, 0.5) is 0 Å². The van der Waals surface area contributed by atoms with Gasteiger partial charge in [-0.15, -0.1) is 0 Å². The molecule has 0 radical (unpaired) electrons. The van der Waals surface area contributed by atoms with Crippen LogP contribution in [0.25, 0.3) is 10.9 Å². The average Bonchev–Trinajstić information content (AvgIpc) is 3.26. The molecule has 1 N–H and O–H groups in total. The van der Waals surface area contributed by atoms with Crippen LogP contribution >= 0.6 is 11.6 Å². The maximum atomic E-state index is 13.5. The predicted octanol–water partition coefficient (Wildman–Crippen LogP) is 5.45. The second-order valence-corrected chi connectivity index (χ2v) is 9.52. The molecule has 0 aliphatic heterocycles. The van der Waals surface area contributed by atoms with Crippen LogP contribution in [-0.4, -0.2) is 36.7 Å². The van der Waals surface area contributed by atoms with Gasteiger partial charge in [-0.25, -0.2) is 0 Å². The number of methoxy groups -OCH3 is 2. The van der Waals surface area contributed by atoms with E-state index in [1.807, 2.05) is 49.5 Å². The molecule has 7 heteroatoms. The Bertz CT molecular complexity index is 1160. The van der Waals surface area contributed by atoms with Gasteiger partial charge < -0.3 is 19.4 Å². The van der Waals surface area contributed by atoms with E-state index in [1.165, 1.54) is 7.11 Å². The van der Waals surface area contributed by atoms with Gasteiger partial charge in [0.2, 0.25) is 0 Å². The molecule has 1 aliphatic carbocycles. The Morgan fingerprint density at radius 3 is 2.44 bits per heavy atom. The van der Waals surface area contributed by atoms with Gasteiger partial charge in [0.1, 0.15) is 5.75 Å². The number of esters is 1. The third-order valence-corrected chi connectivity index (χ3v) is 7.20. The van der Waals surface area contributed by atoms with Crippen molar-refractivity contribution < 1.29 is 19.1 Å². The first kappa shape index (κ1) is 24.1. The van der Waals surface area contributed by atoms with Crippen molar-refractivity contribution in [2.75, 3.05) is 14.2 Å². The number of fused-ring (bicyclic) bond motifs is 1. The number of rotatable bonds is 7. The molecule has 1 unspecified atom stereocenters. The fourth-order valence-corrected chi connectivity index (χ4v) is 5.08. The Balaban J connectivity index is 1.55. The molecule has 1 fully saturated rings. The number of aromatic nitrogens is 1. The molecule has 0 bridgehead atoms. The number of nitrogens with zero attached hydrogens (tertiary/aromatic N) is 1. The van der Waals surface area contributed by atoms with Crippen molar-refractivity contribution in [1.29, 1.82) is 0 Å². The van der Waals surface area contributed by atoms with Crippen molar-refractivity contribution in [3.63, 3.8) is 0 Å². The normalized spacial score (nSPS) is 18.9. The first-order chi connectivity index (χ1) is 16.4. The number of ether oxygens (including phenoxy) is 2. The number of nitrogens with one attached hydrogen (secondary N) is 1. The van der Waals surface area contributed by atoms with E-state index in [0.717, 1.165) is 42.1 Å². The first-order valence-corrected chi connectivity index (χ1v) is 12.1. The second-order valence-electron chi connectivity index (χ2n) is 9.08. The Labute approximate surface area is 205 Å². The number of carbonyl (C=O) groups is 2. The quantitative estimate of drug-likeness (QED) is 0.454. The number of halogens is 1. The third-order valence-electron chi connectivity index (χ3n) is 6.95. The van der Waals surface area contributed by atoms with Crippen LogP contribution in [-0.2, 0) is 16.1 Å². The van der Waals surface area contributed by atoms with Crippen molar-refractivity contribution in [2.24, 2.45) is 11.8 Å². The van der Waals surface area contributed by atoms with E-state index in [2.05, 4.69) is 9.88 Å². The minimum Gasteiger partial charge on any atom is -0.497 e. The maximum Gasteiger partial charge on any atom is 0.308 e. The van der Waals surface area contributed by atoms with Gasteiger partial charge in [-0.2, -0.15) is 0 Å². The van der Waals surface area contributed by atoms with E-state index in [1.54, 1.807) is 13.2 Å². The molecule has 1 aliphatic rings. The zero-order valence-corrected chi connectivity index (χ0v) is 20.6. The highest BCUT2D eigenvalue weighted by Crippen LogP contribution is 2.32. The fourth-order valence-electron chi connectivity index (χ4n) is 4.95. The van der Waals surface area contributed by atoms with Gasteiger partial charge in [-0.05, 0) is 74.4 Å². The van der Waals surface area contributed by atoms with Crippen molar-refractivity contribution in [1.82, 2.24) is 9.88 Å². The average molecular weight is 483 g/mol. The van der Waals surface area contributed by atoms with Gasteiger partial charge >= 0.3 is 5.97 Å². The van der Waals surface area contributed by atoms with Gasteiger partial charge in [0.15, 0.2) is 0 Å². The molecule has 1 atom stereocenters. The summed E-state index contributed by atoms with van der Waals surface area (Å²) in [6, 6.07) is 13.5. The lowest BCUT2D eigenvalue weighted by Gasteiger charge is -2.31. The van der Waals surface area contributed by atoms with Crippen LogP contribution in [0.1, 0.15) is 48.5 Å². The predicted molar refractivity (Wildman–Crippen MR) is 133 cm³/mol. The molecule has 6 nitrogen and oxygen atoms in total. The fraction of sp³-hybridized carbons (Fsp3) is 0.407. The standard InChI is InChI=1S/C27H31ClN2O4/c1-17(19-6-8-20(9-7-19)27(32)34-3)29-26(31)24-15-23(33-2)14-21-12-13-30(25(21)24)16-18-4-10-22(28)11-5-18/h4-5,10-15,17,19-20H,6-9,16H2,1-3H3,(H,29,31). The van der Waals surface area contributed by atoms with Crippen molar-refractivity contribution in [3.8, 4) is 5.75 Å². The zero-order chi connectivity index (χ0) is 24.2. The summed E-state index contributed by atoms with van der Waals surface area (Å²) in [5, 5.41) is 4.86. The third kappa shape index (κ3) is 5.22. The van der Waals surface area contributed by atoms with E-state index in [4.69, 9.17) is 21.1 Å². The largest absolute Gasteiger partial charge is 0.497 e. The molecule has 34 heavy (non-hydrogen) atoms. The summed E-state index contributed by atoms with van der Waals surface area (Å²) in [6.07, 6.45) is 5.37. The molecule has 0 spiro atoms. The molecule has 4 rings (SSSR count). The number of hydrogen-bond donors (Lipinski definition) is 1. The van der Waals surface area contributed by atoms with E-state index < -0.39 is 0 Å². The lowest BCUT2D eigenvalue weighted by atomic mass is 9.79. The Morgan fingerprint density at radius 2 is 1.79 bits per heavy atom. The number of benzene rings is 2. The van der Waals surface area contributed by atoms with Gasteiger partial charge in [-0.3, -0.25) is 9.59 Å². The Hall–Kier alpha value is -2.99. The van der Waals surface area contributed by atoms with E-state index in [9.17, 15) is 9.59 Å². The van der Waals surface area contributed by atoms with Gasteiger partial charge in [0, 0.05) is 29.2 Å². The number of hydrogen-bond acceptors (Lipinski definition) is 4. The monoisotopic (exact) mass is 482 g/mol. The van der Waals surface area contributed by atoms with Crippen LogP contribution in [0.5, 0.6) is 5.75 Å². The second kappa shape index (κ2) is 10.5. The molecule has 3 aromatic rings. The topological polar surface area (TPSA) is 69.6 Å². The molecular formula is C27H31ClN2O4. The molecule has 0 saturated heterocycles. The molecule has 1 amide bonds. The van der Waals surface area contributed by atoms with Crippen molar-refractivity contribution in [3.05, 3.63) is 64.8 Å². The summed E-state index contributed by atoms with van der Waals surface area (Å²) in [6.45, 7) is 2.67. The van der Waals surface area contributed by atoms with Crippen LogP contribution in [0.3, 0.4) is 0 Å². The van der Waals surface area contributed by atoms with Crippen molar-refractivity contribution >= 4 is 34.4 Å². The molecular weight excluding hydrogens is 452 g/mol. The Kier molecular flexibility index (Phi) is 7.47. The van der Waals surface area contributed by atoms with E-state index in [0.29, 0.717) is 28.8 Å². The van der Waals surface area contributed by atoms with Crippen LogP contribution in [0.2, 0.25) is 5.02 Å². The summed E-state index contributed by atoms with van der Waals surface area (Å²) in [5.74, 6) is 0.691. The van der Waals surface area contributed by atoms with Crippen LogP contribution in [0.15, 0.2) is 48.7 Å². The number of carbonyl (C=O) groups excluding carboxylic acids is 2. The first-order valence-electron chi connectivity index (χ1n) is 11.7. The summed E-state index contributed by atoms with van der Waals surface area (Å²) in [7, 11) is 3.05. The summed E-state index contributed by atoms with van der Waals surface area (Å²) in [4.78, 5) is 25.3. The number of amides is 1. The van der Waals surface area contributed by atoms with Gasteiger partial charge in [0.05, 0.1) is 31.2 Å². The van der Waals surface area contributed by atoms with Gasteiger partial charge in [0.25, 0.3) is 5.91 Å². The SMILES string of the molecule is COC(=O)C1CCC(C(C)NC(=O)c2cc(OC)cc3ccn(Cc4ccc(Cl)cc4)c23)CC1. The van der Waals surface area contributed by atoms with Crippen LogP contribution < -0.4 is 10.1 Å². The lowest BCUT2D eigenvalue weighted by molar-refractivity contribution is -0.146. The highest BCUT2D eigenvalue weighted by molar-refractivity contribution is 6.30. The summed E-state index contributed by atoms with van der Waals surface area (Å²) >= 11 is 6.04. The van der Waals surface area contributed by atoms with E-state index >= 15 is 0 Å². The highest BCUT2D eigenvalue weighted by Gasteiger charge is 2.30. The minimum atomic E-state index is -0.129. The van der Waals surface area contributed by atoms with E-state index in [-0.39, 0.29) is 23.8 Å². The van der Waals surface area contributed by atoms with Crippen molar-refractivity contribution in [2.45, 2.75) is 45.2 Å². The van der Waals surface area contributed by atoms with Gasteiger partial charge in [-0.1, -0.05) is 23.7 Å². The summed E-state index contributed by atoms with van der Waals surface area (Å²) in [5.41, 5.74) is 2.55. The van der Waals surface area contributed by atoms with Crippen LogP contribution in [0, 0.1) is 11.8 Å². The molecule has 2 aromatic carbocycles. The summed E-state index contributed by atoms with van der Waals surface area (Å²) < 4.78 is 12.4. The lowest BCUT2D eigenvalue weighted by Crippen LogP contribution is -2.40. The molecule has 1 saturated carbocycles. The zero-order valence-electron chi connectivity index (χ0n) is 19.8. The Morgan fingerprint density at radius 1 is 1.09 bits per heavy atom. The molecule has 180 valence electrons.